The van der Waals surface area contributed by atoms with Crippen molar-refractivity contribution in [1.29, 1.82) is 0 Å². The molecule has 1 N–H and O–H groups in total. The molecule has 0 aliphatic heterocycles. The Morgan fingerprint density at radius 2 is 1.94 bits per heavy atom. The molecule has 0 aromatic rings. The van der Waals surface area contributed by atoms with Gasteiger partial charge in [0.15, 0.2) is 0 Å². The SMILES string of the molecule is CCNC(CC(C)CC)C1=CCCCCCC1. The van der Waals surface area contributed by atoms with Crippen molar-refractivity contribution in [3.05, 3.63) is 11.6 Å². The van der Waals surface area contributed by atoms with Crippen LogP contribution in [-0.4, -0.2) is 12.6 Å². The molecular weight excluding hydrogens is 206 g/mol. The molecule has 0 aromatic heterocycles. The lowest BCUT2D eigenvalue weighted by Crippen LogP contribution is -2.32. The quantitative estimate of drug-likeness (QED) is 0.661. The molecule has 0 aromatic carbocycles. The molecule has 1 nitrogen and oxygen atoms in total. The minimum absolute atomic E-state index is 0.646. The minimum Gasteiger partial charge on any atom is -0.311 e. The summed E-state index contributed by atoms with van der Waals surface area (Å²) < 4.78 is 0. The second kappa shape index (κ2) is 8.74. The first-order valence-corrected chi connectivity index (χ1v) is 7.70. The summed E-state index contributed by atoms with van der Waals surface area (Å²) in [7, 11) is 0. The van der Waals surface area contributed by atoms with Gasteiger partial charge in [-0.1, -0.05) is 51.7 Å². The first-order chi connectivity index (χ1) is 8.27. The van der Waals surface area contributed by atoms with Gasteiger partial charge in [-0.3, -0.25) is 0 Å². The lowest BCUT2D eigenvalue weighted by atomic mass is 9.89. The van der Waals surface area contributed by atoms with Crippen molar-refractivity contribution in [2.75, 3.05) is 6.54 Å². The van der Waals surface area contributed by atoms with E-state index in [0.29, 0.717) is 6.04 Å². The summed E-state index contributed by atoms with van der Waals surface area (Å²) >= 11 is 0. The summed E-state index contributed by atoms with van der Waals surface area (Å²) in [5.41, 5.74) is 1.70. The Balaban J connectivity index is 2.59. The summed E-state index contributed by atoms with van der Waals surface area (Å²) in [5, 5.41) is 3.70. The molecule has 1 heteroatoms. The van der Waals surface area contributed by atoms with Crippen LogP contribution in [0, 0.1) is 5.92 Å². The van der Waals surface area contributed by atoms with E-state index < -0.39 is 0 Å². The van der Waals surface area contributed by atoms with E-state index in [1.165, 1.54) is 51.4 Å². The first kappa shape index (κ1) is 14.8. The summed E-state index contributed by atoms with van der Waals surface area (Å²) in [6.45, 7) is 8.01. The number of hydrogen-bond donors (Lipinski definition) is 1. The molecule has 0 bridgehead atoms. The molecule has 100 valence electrons. The molecule has 0 amide bonds. The van der Waals surface area contributed by atoms with Crippen molar-refractivity contribution in [2.45, 2.75) is 78.2 Å². The van der Waals surface area contributed by atoms with Crippen LogP contribution in [0.5, 0.6) is 0 Å². The standard InChI is InChI=1S/C16H31N/c1-4-14(3)13-16(17-5-2)15-11-9-7-6-8-10-12-15/h11,14,16-17H,4-10,12-13H2,1-3H3. The molecule has 0 saturated heterocycles. The van der Waals surface area contributed by atoms with Crippen LogP contribution in [0.15, 0.2) is 11.6 Å². The molecule has 2 unspecified atom stereocenters. The predicted molar refractivity (Wildman–Crippen MR) is 77.3 cm³/mol. The van der Waals surface area contributed by atoms with Gasteiger partial charge >= 0.3 is 0 Å². The third-order valence-corrected chi connectivity index (χ3v) is 4.06. The minimum atomic E-state index is 0.646. The van der Waals surface area contributed by atoms with Gasteiger partial charge in [0.25, 0.3) is 0 Å². The van der Waals surface area contributed by atoms with E-state index in [2.05, 4.69) is 32.2 Å². The summed E-state index contributed by atoms with van der Waals surface area (Å²) in [5.74, 6) is 0.838. The lowest BCUT2D eigenvalue weighted by Gasteiger charge is -2.25. The van der Waals surface area contributed by atoms with Crippen LogP contribution in [0.3, 0.4) is 0 Å². The Morgan fingerprint density at radius 1 is 1.18 bits per heavy atom. The monoisotopic (exact) mass is 237 g/mol. The largest absolute Gasteiger partial charge is 0.311 e. The average Bonchev–Trinajstić information content (AvgIpc) is 2.28. The van der Waals surface area contributed by atoms with E-state index >= 15 is 0 Å². The normalized spacial score (nSPS) is 21.2. The van der Waals surface area contributed by atoms with Gasteiger partial charge in [0.1, 0.15) is 0 Å². The summed E-state index contributed by atoms with van der Waals surface area (Å²) in [4.78, 5) is 0. The van der Waals surface area contributed by atoms with E-state index in [1.54, 1.807) is 5.57 Å². The smallest absolute Gasteiger partial charge is 0.0281 e. The van der Waals surface area contributed by atoms with Gasteiger partial charge in [0.05, 0.1) is 0 Å². The fourth-order valence-electron chi connectivity index (χ4n) is 2.71. The van der Waals surface area contributed by atoms with E-state index in [1.807, 2.05) is 0 Å². The zero-order valence-electron chi connectivity index (χ0n) is 12.1. The van der Waals surface area contributed by atoms with Gasteiger partial charge in [-0.05, 0) is 44.6 Å². The molecule has 0 spiro atoms. The molecular formula is C16H31N. The second-order valence-corrected chi connectivity index (χ2v) is 5.59. The summed E-state index contributed by atoms with van der Waals surface area (Å²) in [6, 6.07) is 0.646. The summed E-state index contributed by atoms with van der Waals surface area (Å²) in [6.07, 6.45) is 13.4. The second-order valence-electron chi connectivity index (χ2n) is 5.59. The van der Waals surface area contributed by atoms with Gasteiger partial charge in [-0.15, -0.1) is 0 Å². The van der Waals surface area contributed by atoms with Crippen molar-refractivity contribution < 1.29 is 0 Å². The van der Waals surface area contributed by atoms with Crippen LogP contribution in [0.1, 0.15) is 72.1 Å². The average molecular weight is 237 g/mol. The highest BCUT2D eigenvalue weighted by Crippen LogP contribution is 2.23. The fraction of sp³-hybridized carbons (Fsp3) is 0.875. The Kier molecular flexibility index (Phi) is 7.59. The number of rotatable bonds is 6. The molecule has 0 fully saturated rings. The topological polar surface area (TPSA) is 12.0 Å². The maximum atomic E-state index is 3.70. The van der Waals surface area contributed by atoms with Crippen LogP contribution >= 0.6 is 0 Å². The fourth-order valence-corrected chi connectivity index (χ4v) is 2.71. The lowest BCUT2D eigenvalue weighted by molar-refractivity contribution is 0.420. The predicted octanol–water partition coefficient (Wildman–Crippen LogP) is 4.68. The molecule has 17 heavy (non-hydrogen) atoms. The Morgan fingerprint density at radius 3 is 2.65 bits per heavy atom. The highest BCUT2D eigenvalue weighted by Gasteiger charge is 2.16. The van der Waals surface area contributed by atoms with Crippen molar-refractivity contribution >= 4 is 0 Å². The molecule has 1 rings (SSSR count). The molecule has 0 heterocycles. The Bertz CT molecular complexity index is 220. The highest BCUT2D eigenvalue weighted by molar-refractivity contribution is 5.12. The molecule has 1 aliphatic carbocycles. The number of allylic oxidation sites excluding steroid dienone is 1. The van der Waals surface area contributed by atoms with Crippen LogP contribution in [0.2, 0.25) is 0 Å². The van der Waals surface area contributed by atoms with Crippen LogP contribution < -0.4 is 5.32 Å². The van der Waals surface area contributed by atoms with Gasteiger partial charge in [0, 0.05) is 6.04 Å². The maximum Gasteiger partial charge on any atom is 0.0281 e. The van der Waals surface area contributed by atoms with E-state index in [0.717, 1.165) is 12.5 Å². The van der Waals surface area contributed by atoms with Gasteiger partial charge in [-0.2, -0.15) is 0 Å². The number of hydrogen-bond acceptors (Lipinski definition) is 1. The molecule has 1 aliphatic rings. The zero-order chi connectivity index (χ0) is 12.5. The van der Waals surface area contributed by atoms with E-state index in [4.69, 9.17) is 0 Å². The molecule has 0 radical (unpaired) electrons. The number of likely N-dealkylation sites (N-methyl/N-ethyl adjacent to an activating group) is 1. The van der Waals surface area contributed by atoms with Crippen LogP contribution in [0.4, 0.5) is 0 Å². The van der Waals surface area contributed by atoms with Crippen LogP contribution in [-0.2, 0) is 0 Å². The highest BCUT2D eigenvalue weighted by atomic mass is 14.9. The Labute approximate surface area is 108 Å². The third-order valence-electron chi connectivity index (χ3n) is 4.06. The van der Waals surface area contributed by atoms with Gasteiger partial charge < -0.3 is 5.32 Å². The molecule has 0 saturated carbocycles. The van der Waals surface area contributed by atoms with E-state index in [9.17, 15) is 0 Å². The first-order valence-electron chi connectivity index (χ1n) is 7.70. The van der Waals surface area contributed by atoms with Crippen molar-refractivity contribution in [3.63, 3.8) is 0 Å². The third kappa shape index (κ3) is 5.72. The van der Waals surface area contributed by atoms with Crippen LogP contribution in [0.25, 0.3) is 0 Å². The van der Waals surface area contributed by atoms with Gasteiger partial charge in [-0.25, -0.2) is 0 Å². The van der Waals surface area contributed by atoms with E-state index in [-0.39, 0.29) is 0 Å². The van der Waals surface area contributed by atoms with Crippen molar-refractivity contribution in [2.24, 2.45) is 5.92 Å². The maximum absolute atomic E-state index is 3.70. The van der Waals surface area contributed by atoms with Crippen molar-refractivity contribution in [3.8, 4) is 0 Å². The Hall–Kier alpha value is -0.300. The molecule has 2 atom stereocenters. The van der Waals surface area contributed by atoms with Crippen molar-refractivity contribution in [1.82, 2.24) is 5.32 Å². The van der Waals surface area contributed by atoms with Gasteiger partial charge in [0.2, 0.25) is 0 Å². The number of nitrogens with one attached hydrogen (secondary N) is 1. The zero-order valence-corrected chi connectivity index (χ0v) is 12.1.